The lowest BCUT2D eigenvalue weighted by Crippen LogP contribution is -2.41. The average Bonchev–Trinajstić information content (AvgIpc) is 2.39. The number of sulfonamides is 1. The Hall–Kier alpha value is -1.07. The van der Waals surface area contributed by atoms with Crippen LogP contribution in [0.5, 0.6) is 0 Å². The molecule has 0 aromatic heterocycles. The van der Waals surface area contributed by atoms with Gasteiger partial charge in [-0.1, -0.05) is 26.0 Å². The zero-order valence-electron chi connectivity index (χ0n) is 11.5. The van der Waals surface area contributed by atoms with Gasteiger partial charge in [-0.2, -0.15) is 0 Å². The molecule has 1 unspecified atom stereocenters. The van der Waals surface area contributed by atoms with E-state index in [0.717, 1.165) is 24.9 Å². The fourth-order valence-electron chi connectivity index (χ4n) is 2.29. The van der Waals surface area contributed by atoms with Crippen LogP contribution in [0.25, 0.3) is 0 Å². The smallest absolute Gasteiger partial charge is 0.236 e. The molecule has 1 fully saturated rings. The second-order valence-electron chi connectivity index (χ2n) is 5.40. The van der Waals surface area contributed by atoms with E-state index in [4.69, 9.17) is 0 Å². The molecule has 0 bridgehead atoms. The van der Waals surface area contributed by atoms with Gasteiger partial charge in [-0.3, -0.25) is 4.72 Å². The number of nitrogens with one attached hydrogen (secondary N) is 2. The van der Waals surface area contributed by atoms with E-state index < -0.39 is 10.0 Å². The number of anilines is 1. The van der Waals surface area contributed by atoms with Gasteiger partial charge in [0, 0.05) is 12.2 Å². The Labute approximate surface area is 115 Å². The summed E-state index contributed by atoms with van der Waals surface area (Å²) in [6, 6.07) is 7.63. The second-order valence-corrected chi connectivity index (χ2v) is 7.36. The van der Waals surface area contributed by atoms with Crippen LogP contribution in [0.4, 0.5) is 5.69 Å². The summed E-state index contributed by atoms with van der Waals surface area (Å²) >= 11 is 0. The topological polar surface area (TPSA) is 58.2 Å². The summed E-state index contributed by atoms with van der Waals surface area (Å²) < 4.78 is 27.3. The maximum atomic E-state index is 12.3. The van der Waals surface area contributed by atoms with Gasteiger partial charge in [-0.05, 0) is 43.0 Å². The fraction of sp³-hybridized carbons (Fsp3) is 0.571. The minimum absolute atomic E-state index is 0.330. The van der Waals surface area contributed by atoms with Gasteiger partial charge in [0.2, 0.25) is 10.0 Å². The van der Waals surface area contributed by atoms with Gasteiger partial charge in [0.15, 0.2) is 0 Å². The third-order valence-corrected chi connectivity index (χ3v) is 5.30. The van der Waals surface area contributed by atoms with E-state index in [-0.39, 0.29) is 5.25 Å². The Balaban J connectivity index is 2.13. The highest BCUT2D eigenvalue weighted by molar-refractivity contribution is 7.93. The number of hydrogen-bond donors (Lipinski definition) is 2. The quantitative estimate of drug-likeness (QED) is 0.891. The van der Waals surface area contributed by atoms with Crippen LogP contribution in [-0.2, 0) is 10.0 Å². The van der Waals surface area contributed by atoms with E-state index in [9.17, 15) is 8.42 Å². The molecule has 0 radical (unpaired) electrons. The van der Waals surface area contributed by atoms with Crippen molar-refractivity contribution in [1.29, 1.82) is 0 Å². The molecule has 19 heavy (non-hydrogen) atoms. The van der Waals surface area contributed by atoms with Crippen molar-refractivity contribution in [2.75, 3.05) is 17.8 Å². The summed E-state index contributed by atoms with van der Waals surface area (Å²) in [5.41, 5.74) is 1.80. The summed E-state index contributed by atoms with van der Waals surface area (Å²) in [7, 11) is -3.29. The first-order valence-electron chi connectivity index (χ1n) is 6.81. The van der Waals surface area contributed by atoms with Crippen molar-refractivity contribution in [2.24, 2.45) is 0 Å². The molecule has 1 heterocycles. The van der Waals surface area contributed by atoms with E-state index in [2.05, 4.69) is 23.9 Å². The Morgan fingerprint density at radius 2 is 2.16 bits per heavy atom. The first-order valence-corrected chi connectivity index (χ1v) is 8.36. The lowest BCUT2D eigenvalue weighted by Gasteiger charge is -2.23. The van der Waals surface area contributed by atoms with Gasteiger partial charge >= 0.3 is 0 Å². The highest BCUT2D eigenvalue weighted by atomic mass is 32.2. The Morgan fingerprint density at radius 1 is 1.37 bits per heavy atom. The lowest BCUT2D eigenvalue weighted by atomic mass is 10.0. The van der Waals surface area contributed by atoms with E-state index in [1.165, 1.54) is 0 Å². The van der Waals surface area contributed by atoms with Crippen molar-refractivity contribution in [1.82, 2.24) is 5.32 Å². The number of piperidine rings is 1. The maximum absolute atomic E-state index is 12.3. The van der Waals surface area contributed by atoms with Crippen molar-refractivity contribution in [3.8, 4) is 0 Å². The minimum atomic E-state index is -3.29. The average molecular weight is 282 g/mol. The van der Waals surface area contributed by atoms with Crippen LogP contribution in [-0.4, -0.2) is 26.8 Å². The van der Waals surface area contributed by atoms with Gasteiger partial charge < -0.3 is 5.32 Å². The molecule has 1 aliphatic rings. The number of benzene rings is 1. The molecular formula is C14H22N2O2S. The van der Waals surface area contributed by atoms with Crippen LogP contribution in [0.3, 0.4) is 0 Å². The molecule has 0 amide bonds. The normalized spacial score (nSPS) is 20.5. The molecule has 0 saturated carbocycles. The predicted molar refractivity (Wildman–Crippen MR) is 79.0 cm³/mol. The third kappa shape index (κ3) is 3.70. The predicted octanol–water partition coefficient (Wildman–Crippen LogP) is 2.30. The van der Waals surface area contributed by atoms with E-state index >= 15 is 0 Å². The first kappa shape index (κ1) is 14.3. The highest BCUT2D eigenvalue weighted by Crippen LogP contribution is 2.21. The van der Waals surface area contributed by atoms with Crippen LogP contribution in [0.15, 0.2) is 24.3 Å². The fourth-order valence-corrected chi connectivity index (χ4v) is 3.73. The molecule has 2 rings (SSSR count). The van der Waals surface area contributed by atoms with Gasteiger partial charge in [0.25, 0.3) is 0 Å². The molecule has 4 nitrogen and oxygen atoms in total. The largest absolute Gasteiger partial charge is 0.315 e. The first-order chi connectivity index (χ1) is 8.99. The van der Waals surface area contributed by atoms with Gasteiger partial charge in [0.1, 0.15) is 0 Å². The van der Waals surface area contributed by atoms with E-state index in [0.29, 0.717) is 18.2 Å². The monoisotopic (exact) mass is 282 g/mol. The zero-order chi connectivity index (χ0) is 13.9. The molecule has 1 aromatic carbocycles. The SMILES string of the molecule is CC(C)c1cccc(NS(=O)(=O)C2CCCNC2)c1. The minimum Gasteiger partial charge on any atom is -0.315 e. The van der Waals surface area contributed by atoms with Crippen LogP contribution in [0.1, 0.15) is 38.2 Å². The second kappa shape index (κ2) is 5.92. The zero-order valence-corrected chi connectivity index (χ0v) is 12.3. The van der Waals surface area contributed by atoms with Crippen molar-refractivity contribution in [3.05, 3.63) is 29.8 Å². The lowest BCUT2D eigenvalue weighted by molar-refractivity contribution is 0.499. The molecule has 1 saturated heterocycles. The number of rotatable bonds is 4. The summed E-state index contributed by atoms with van der Waals surface area (Å²) in [4.78, 5) is 0. The standard InChI is InChI=1S/C14H22N2O2S/c1-11(2)12-5-3-6-13(9-12)16-19(17,18)14-7-4-8-15-10-14/h3,5-6,9,11,14-16H,4,7-8,10H2,1-2H3. The Bertz CT molecular complexity index is 520. The van der Waals surface area contributed by atoms with E-state index in [1.807, 2.05) is 18.2 Å². The summed E-state index contributed by atoms with van der Waals surface area (Å²) in [5, 5.41) is 2.81. The highest BCUT2D eigenvalue weighted by Gasteiger charge is 2.27. The van der Waals surface area contributed by atoms with Crippen LogP contribution >= 0.6 is 0 Å². The summed E-state index contributed by atoms with van der Waals surface area (Å²) in [6.45, 7) is 5.64. The summed E-state index contributed by atoms with van der Waals surface area (Å²) in [6.07, 6.45) is 1.64. The molecular weight excluding hydrogens is 260 g/mol. The Kier molecular flexibility index (Phi) is 4.47. The molecule has 0 aliphatic carbocycles. The van der Waals surface area contributed by atoms with Crippen LogP contribution in [0.2, 0.25) is 0 Å². The van der Waals surface area contributed by atoms with Crippen LogP contribution in [0, 0.1) is 0 Å². The maximum Gasteiger partial charge on any atom is 0.236 e. The number of hydrogen-bond acceptors (Lipinski definition) is 3. The van der Waals surface area contributed by atoms with E-state index in [1.54, 1.807) is 6.07 Å². The van der Waals surface area contributed by atoms with Crippen molar-refractivity contribution < 1.29 is 8.42 Å². The van der Waals surface area contributed by atoms with Crippen LogP contribution < -0.4 is 10.0 Å². The molecule has 1 aliphatic heterocycles. The molecule has 1 atom stereocenters. The van der Waals surface area contributed by atoms with Crippen molar-refractivity contribution in [3.63, 3.8) is 0 Å². The molecule has 1 aromatic rings. The van der Waals surface area contributed by atoms with Gasteiger partial charge in [-0.25, -0.2) is 8.42 Å². The third-order valence-electron chi connectivity index (χ3n) is 3.50. The molecule has 2 N–H and O–H groups in total. The van der Waals surface area contributed by atoms with Crippen molar-refractivity contribution in [2.45, 2.75) is 37.9 Å². The molecule has 0 spiro atoms. The molecule has 106 valence electrons. The van der Waals surface area contributed by atoms with Gasteiger partial charge in [0.05, 0.1) is 5.25 Å². The Morgan fingerprint density at radius 3 is 2.79 bits per heavy atom. The van der Waals surface area contributed by atoms with Gasteiger partial charge in [-0.15, -0.1) is 0 Å². The molecule has 5 heteroatoms. The van der Waals surface area contributed by atoms with Crippen molar-refractivity contribution >= 4 is 15.7 Å². The summed E-state index contributed by atoms with van der Waals surface area (Å²) in [5.74, 6) is 0.390.